The fourth-order valence-electron chi connectivity index (χ4n) is 2.17. The van der Waals surface area contributed by atoms with Crippen LogP contribution in [0.15, 0.2) is 29.4 Å². The first-order valence-corrected chi connectivity index (χ1v) is 7.67. The molecule has 0 aliphatic heterocycles. The van der Waals surface area contributed by atoms with Crippen LogP contribution in [0.25, 0.3) is 0 Å². The summed E-state index contributed by atoms with van der Waals surface area (Å²) in [5, 5.41) is 3.49. The first-order valence-electron chi connectivity index (χ1n) is 7.67. The molecule has 2 rings (SSSR count). The van der Waals surface area contributed by atoms with E-state index < -0.39 is 28.8 Å². The van der Waals surface area contributed by atoms with Gasteiger partial charge in [-0.25, -0.2) is 13.6 Å². The summed E-state index contributed by atoms with van der Waals surface area (Å²) < 4.78 is 37.9. The highest BCUT2D eigenvalue weighted by Gasteiger charge is 2.32. The van der Waals surface area contributed by atoms with Crippen LogP contribution in [0.2, 0.25) is 0 Å². The van der Waals surface area contributed by atoms with Gasteiger partial charge in [0.25, 0.3) is 0 Å². The van der Waals surface area contributed by atoms with Gasteiger partial charge in [0.05, 0.1) is 25.7 Å². The largest absolute Gasteiger partial charge is 0.481 e. The van der Waals surface area contributed by atoms with Crippen LogP contribution in [0.5, 0.6) is 11.8 Å². The monoisotopic (exact) mass is 380 g/mol. The lowest BCUT2D eigenvalue weighted by molar-refractivity contribution is 0.0496. The van der Waals surface area contributed by atoms with Crippen molar-refractivity contribution in [3.05, 3.63) is 47.3 Å². The van der Waals surface area contributed by atoms with Crippen molar-refractivity contribution in [2.45, 2.75) is 19.3 Å². The van der Waals surface area contributed by atoms with E-state index in [1.165, 1.54) is 40.2 Å². The van der Waals surface area contributed by atoms with E-state index in [1.54, 1.807) is 0 Å². The van der Waals surface area contributed by atoms with Crippen molar-refractivity contribution in [3.63, 3.8) is 0 Å². The molecular formula is C17H18F2N4O4. The molecule has 1 aromatic heterocycles. The maximum atomic E-state index is 14.0. The van der Waals surface area contributed by atoms with Crippen LogP contribution in [0, 0.1) is 11.6 Å². The van der Waals surface area contributed by atoms with Gasteiger partial charge in [0.2, 0.25) is 17.6 Å². The summed E-state index contributed by atoms with van der Waals surface area (Å²) in [6.45, 7) is 2.87. The smallest absolute Gasteiger partial charge is 0.403 e. The van der Waals surface area contributed by atoms with E-state index in [9.17, 15) is 13.6 Å². The Morgan fingerprint density at radius 3 is 2.11 bits per heavy atom. The van der Waals surface area contributed by atoms with Gasteiger partial charge < -0.3 is 20.0 Å². The van der Waals surface area contributed by atoms with Crippen molar-refractivity contribution in [3.8, 4) is 11.8 Å². The minimum Gasteiger partial charge on any atom is -0.481 e. The lowest BCUT2D eigenvalue weighted by atomic mass is 9.83. The van der Waals surface area contributed by atoms with E-state index >= 15 is 0 Å². The summed E-state index contributed by atoms with van der Waals surface area (Å²) >= 11 is 0. The van der Waals surface area contributed by atoms with E-state index in [4.69, 9.17) is 20.0 Å². The summed E-state index contributed by atoms with van der Waals surface area (Å²) in [5.41, 5.74) is 4.12. The number of carbonyl (C=O) groups is 1. The highest BCUT2D eigenvalue weighted by molar-refractivity contribution is 5.92. The number of halogens is 2. The molecule has 0 saturated carbocycles. The van der Waals surface area contributed by atoms with Crippen LogP contribution >= 0.6 is 0 Å². The van der Waals surface area contributed by atoms with Gasteiger partial charge in [0.1, 0.15) is 17.5 Å². The molecule has 0 atom stereocenters. The highest BCUT2D eigenvalue weighted by atomic mass is 19.1. The summed E-state index contributed by atoms with van der Waals surface area (Å²) in [6.07, 6.45) is 0. The quantitative estimate of drug-likeness (QED) is 0.354. The molecule has 0 fully saturated rings. The number of carbonyl (C=O) groups excluding carboxylic acids is 1. The number of hydrogen-bond acceptors (Lipinski definition) is 7. The zero-order chi connectivity index (χ0) is 20.2. The normalized spacial score (nSPS) is 11.9. The van der Waals surface area contributed by atoms with Gasteiger partial charge in [-0.3, -0.25) is 0 Å². The zero-order valence-corrected chi connectivity index (χ0v) is 15.1. The number of benzene rings is 1. The number of nitrogens with zero attached hydrogens (tertiary/aromatic N) is 3. The van der Waals surface area contributed by atoms with Crippen LogP contribution in [0.1, 0.15) is 30.0 Å². The fraction of sp³-hybridized carbons (Fsp3) is 0.294. The van der Waals surface area contributed by atoms with Crippen molar-refractivity contribution >= 4 is 11.8 Å². The molecule has 0 amide bonds. The lowest BCUT2D eigenvalue weighted by Crippen LogP contribution is -2.38. The molecule has 2 N–H and O–H groups in total. The summed E-state index contributed by atoms with van der Waals surface area (Å²) in [5.74, 6) is -3.23. The van der Waals surface area contributed by atoms with Crippen LogP contribution in [-0.2, 0) is 10.3 Å². The molecule has 8 nitrogen and oxygen atoms in total. The number of oxime groups is 1. The Hall–Kier alpha value is -3.30. The van der Waals surface area contributed by atoms with Gasteiger partial charge in [0, 0.05) is 5.56 Å². The molecule has 144 valence electrons. The van der Waals surface area contributed by atoms with Crippen molar-refractivity contribution in [1.29, 1.82) is 0 Å². The van der Waals surface area contributed by atoms with E-state index in [0.29, 0.717) is 0 Å². The molecule has 10 heteroatoms. The molecule has 0 radical (unpaired) electrons. The van der Waals surface area contributed by atoms with Crippen molar-refractivity contribution in [2.24, 2.45) is 10.9 Å². The number of methoxy groups -OCH3 is 2. The standard InChI is InChI=1S/C17H18F2N4O4/c1-17(2,13-9(18)6-5-7-10(13)19)16(20)23-27-15(24)14-21-11(25-3)8-12(22-14)26-4/h5-8H,1-4H3,(H2,20,23). The number of nitrogens with two attached hydrogens (primary N) is 1. The van der Waals surface area contributed by atoms with Gasteiger partial charge in [-0.15, -0.1) is 0 Å². The first kappa shape index (κ1) is 20.0. The fourth-order valence-corrected chi connectivity index (χ4v) is 2.17. The predicted octanol–water partition coefficient (Wildman–Crippen LogP) is 2.18. The van der Waals surface area contributed by atoms with Crippen LogP contribution in [0.4, 0.5) is 8.78 Å². The molecule has 27 heavy (non-hydrogen) atoms. The molecule has 0 spiro atoms. The minimum atomic E-state index is -1.39. The zero-order valence-electron chi connectivity index (χ0n) is 15.1. The predicted molar refractivity (Wildman–Crippen MR) is 91.6 cm³/mol. The van der Waals surface area contributed by atoms with Crippen LogP contribution in [-0.4, -0.2) is 36.0 Å². The van der Waals surface area contributed by atoms with E-state index in [0.717, 1.165) is 12.1 Å². The second kappa shape index (κ2) is 7.94. The molecule has 1 heterocycles. The summed E-state index contributed by atoms with van der Waals surface area (Å²) in [6, 6.07) is 4.77. The summed E-state index contributed by atoms with van der Waals surface area (Å²) in [4.78, 5) is 24.4. The maximum absolute atomic E-state index is 14.0. The summed E-state index contributed by atoms with van der Waals surface area (Å²) in [7, 11) is 2.69. The van der Waals surface area contributed by atoms with Gasteiger partial charge >= 0.3 is 5.97 Å². The Labute approximate surface area is 154 Å². The number of amidine groups is 1. The molecule has 0 unspecified atom stereocenters. The second-order valence-electron chi connectivity index (χ2n) is 5.85. The van der Waals surface area contributed by atoms with Gasteiger partial charge in [-0.05, 0) is 26.0 Å². The van der Waals surface area contributed by atoms with Crippen molar-refractivity contribution < 1.29 is 27.9 Å². The Balaban J connectivity index is 2.28. The molecule has 1 aromatic carbocycles. The highest BCUT2D eigenvalue weighted by Crippen LogP contribution is 2.28. The third kappa shape index (κ3) is 4.27. The molecular weight excluding hydrogens is 362 g/mol. The third-order valence-electron chi connectivity index (χ3n) is 3.74. The average Bonchev–Trinajstić information content (AvgIpc) is 2.64. The number of rotatable bonds is 6. The Morgan fingerprint density at radius 2 is 1.63 bits per heavy atom. The molecule has 0 aliphatic carbocycles. The van der Waals surface area contributed by atoms with Crippen LogP contribution < -0.4 is 15.2 Å². The van der Waals surface area contributed by atoms with E-state index in [1.807, 2.05) is 0 Å². The Morgan fingerprint density at radius 1 is 1.11 bits per heavy atom. The number of ether oxygens (including phenoxy) is 2. The molecule has 2 aromatic rings. The van der Waals surface area contributed by atoms with Crippen molar-refractivity contribution in [1.82, 2.24) is 9.97 Å². The van der Waals surface area contributed by atoms with E-state index in [-0.39, 0.29) is 23.2 Å². The molecule has 0 saturated heterocycles. The van der Waals surface area contributed by atoms with Gasteiger partial charge in [0.15, 0.2) is 0 Å². The SMILES string of the molecule is COc1cc(OC)nc(C(=O)ON=C(N)C(C)(C)c2c(F)cccc2F)n1. The Kier molecular flexibility index (Phi) is 5.88. The Bertz CT molecular complexity index is 845. The first-order chi connectivity index (χ1) is 12.7. The average molecular weight is 380 g/mol. The lowest BCUT2D eigenvalue weighted by Gasteiger charge is -2.24. The van der Waals surface area contributed by atoms with Crippen molar-refractivity contribution in [2.75, 3.05) is 14.2 Å². The minimum absolute atomic E-state index is 0.0690. The topological polar surface area (TPSA) is 109 Å². The molecule has 0 bridgehead atoms. The maximum Gasteiger partial charge on any atom is 0.403 e. The number of hydrogen-bond donors (Lipinski definition) is 1. The van der Waals surface area contributed by atoms with Gasteiger partial charge in [-0.2, -0.15) is 9.97 Å². The molecule has 0 aliphatic rings. The third-order valence-corrected chi connectivity index (χ3v) is 3.74. The second-order valence-corrected chi connectivity index (χ2v) is 5.85. The number of aromatic nitrogens is 2. The van der Waals surface area contributed by atoms with E-state index in [2.05, 4.69) is 15.1 Å². The van der Waals surface area contributed by atoms with Gasteiger partial charge in [-0.1, -0.05) is 11.2 Å². The van der Waals surface area contributed by atoms with Crippen LogP contribution in [0.3, 0.4) is 0 Å².